The lowest BCUT2D eigenvalue weighted by Crippen LogP contribution is -2.19. The monoisotopic (exact) mass is 324 g/mol. The summed E-state index contributed by atoms with van der Waals surface area (Å²) in [5, 5.41) is 29.0. The fourth-order valence-electron chi connectivity index (χ4n) is 1.66. The first-order valence-electron chi connectivity index (χ1n) is 6.02. The van der Waals surface area contributed by atoms with Crippen molar-refractivity contribution in [2.45, 2.75) is 31.7 Å². The molecule has 1 aromatic rings. The first-order chi connectivity index (χ1) is 9.62. The Morgan fingerprint density at radius 2 is 1.95 bits per heavy atom. The van der Waals surface area contributed by atoms with Crippen LogP contribution in [0.3, 0.4) is 0 Å². The molecule has 4 nitrogen and oxygen atoms in total. The van der Waals surface area contributed by atoms with Gasteiger partial charge in [-0.05, 0) is 18.6 Å². The number of benzene rings is 1. The van der Waals surface area contributed by atoms with E-state index in [4.69, 9.17) is 0 Å². The lowest BCUT2D eigenvalue weighted by molar-refractivity contribution is -0.137. The molecule has 0 saturated carbocycles. The van der Waals surface area contributed by atoms with Gasteiger partial charge in [0.25, 0.3) is 0 Å². The van der Waals surface area contributed by atoms with Crippen LogP contribution >= 0.6 is 11.8 Å². The highest BCUT2D eigenvalue weighted by atomic mass is 32.2. The lowest BCUT2D eigenvalue weighted by atomic mass is 10.00. The number of hydrogen-bond acceptors (Lipinski definition) is 5. The number of aromatic hydroxyl groups is 1. The average Bonchev–Trinajstić information content (AvgIpc) is 2.36. The van der Waals surface area contributed by atoms with Gasteiger partial charge < -0.3 is 15.3 Å². The number of phenolic OH excluding ortho intramolecular Hbond substituents is 1. The Morgan fingerprint density at radius 1 is 1.33 bits per heavy atom. The van der Waals surface area contributed by atoms with Gasteiger partial charge in [-0.1, -0.05) is 17.8 Å². The zero-order valence-electron chi connectivity index (χ0n) is 11.1. The maximum Gasteiger partial charge on any atom is 0.416 e. The minimum Gasteiger partial charge on any atom is -0.508 e. The minimum absolute atomic E-state index is 0.0614. The predicted octanol–water partition coefficient (Wildman–Crippen LogP) is 2.48. The van der Waals surface area contributed by atoms with E-state index in [1.807, 2.05) is 0 Å². The Hall–Kier alpha value is -1.25. The molecule has 2 unspecified atom stereocenters. The van der Waals surface area contributed by atoms with Crippen molar-refractivity contribution < 1.29 is 33.3 Å². The minimum atomic E-state index is -4.60. The van der Waals surface area contributed by atoms with E-state index in [1.165, 1.54) is 6.92 Å². The van der Waals surface area contributed by atoms with Crippen molar-refractivity contribution in [2.75, 3.05) is 5.75 Å². The highest BCUT2D eigenvalue weighted by Gasteiger charge is 2.32. The van der Waals surface area contributed by atoms with E-state index in [1.54, 1.807) is 0 Å². The van der Waals surface area contributed by atoms with Gasteiger partial charge in [-0.2, -0.15) is 13.2 Å². The molecule has 0 bridgehead atoms. The van der Waals surface area contributed by atoms with Crippen molar-refractivity contribution >= 4 is 16.9 Å². The lowest BCUT2D eigenvalue weighted by Gasteiger charge is -2.19. The van der Waals surface area contributed by atoms with Crippen molar-refractivity contribution in [3.63, 3.8) is 0 Å². The molecule has 0 fully saturated rings. The van der Waals surface area contributed by atoms with Crippen LogP contribution in [0.15, 0.2) is 18.2 Å². The number of alkyl halides is 3. The van der Waals surface area contributed by atoms with Gasteiger partial charge in [0.05, 0.1) is 11.7 Å². The van der Waals surface area contributed by atoms with Gasteiger partial charge in [0, 0.05) is 18.2 Å². The van der Waals surface area contributed by atoms with Crippen LogP contribution in [0.1, 0.15) is 30.6 Å². The molecule has 0 aromatic heterocycles. The largest absolute Gasteiger partial charge is 0.508 e. The summed E-state index contributed by atoms with van der Waals surface area (Å²) in [5.41, 5.74) is -1.24. The van der Waals surface area contributed by atoms with Gasteiger partial charge in [-0.3, -0.25) is 4.79 Å². The Labute approximate surface area is 123 Å². The number of aliphatic hydroxyl groups is 2. The van der Waals surface area contributed by atoms with E-state index in [0.29, 0.717) is 6.07 Å². The van der Waals surface area contributed by atoms with Gasteiger partial charge in [0.2, 0.25) is 0 Å². The summed E-state index contributed by atoms with van der Waals surface area (Å²) < 4.78 is 37.3. The van der Waals surface area contributed by atoms with E-state index in [9.17, 15) is 33.3 Å². The Morgan fingerprint density at radius 3 is 2.43 bits per heavy atom. The fourth-order valence-corrected chi connectivity index (χ4v) is 2.31. The third kappa shape index (κ3) is 5.22. The molecule has 3 N–H and O–H groups in total. The van der Waals surface area contributed by atoms with Crippen LogP contribution in [-0.4, -0.2) is 32.3 Å². The van der Waals surface area contributed by atoms with E-state index >= 15 is 0 Å². The number of hydrogen-bond donors (Lipinski definition) is 3. The molecule has 1 rings (SSSR count). The van der Waals surface area contributed by atoms with Crippen molar-refractivity contribution in [3.8, 4) is 5.75 Å². The average molecular weight is 324 g/mol. The molecule has 0 aliphatic heterocycles. The Balaban J connectivity index is 2.78. The zero-order chi connectivity index (χ0) is 16.2. The second kappa shape index (κ2) is 7.15. The summed E-state index contributed by atoms with van der Waals surface area (Å²) in [5.74, 6) is -0.481. The van der Waals surface area contributed by atoms with Crippen LogP contribution in [0, 0.1) is 0 Å². The third-order valence-corrected chi connectivity index (χ3v) is 3.61. The second-order valence-electron chi connectivity index (χ2n) is 4.41. The van der Waals surface area contributed by atoms with Gasteiger partial charge in [0.15, 0.2) is 5.12 Å². The number of rotatable bonds is 5. The smallest absolute Gasteiger partial charge is 0.416 e. The van der Waals surface area contributed by atoms with Crippen molar-refractivity contribution in [1.29, 1.82) is 0 Å². The molecule has 2 atom stereocenters. The van der Waals surface area contributed by atoms with Gasteiger partial charge >= 0.3 is 6.18 Å². The molecule has 21 heavy (non-hydrogen) atoms. The van der Waals surface area contributed by atoms with Crippen molar-refractivity contribution in [1.82, 2.24) is 0 Å². The molecular weight excluding hydrogens is 309 g/mol. The topological polar surface area (TPSA) is 77.8 Å². The number of halogens is 3. The first-order valence-corrected chi connectivity index (χ1v) is 7.01. The molecule has 1 aromatic carbocycles. The molecule has 0 saturated heterocycles. The van der Waals surface area contributed by atoms with Crippen LogP contribution in [0.4, 0.5) is 13.2 Å². The quantitative estimate of drug-likeness (QED) is 0.775. The van der Waals surface area contributed by atoms with Crippen molar-refractivity contribution in [2.24, 2.45) is 0 Å². The van der Waals surface area contributed by atoms with Gasteiger partial charge in [0.1, 0.15) is 11.9 Å². The van der Waals surface area contributed by atoms with Gasteiger partial charge in [-0.25, -0.2) is 0 Å². The normalized spacial score (nSPS) is 14.8. The molecule has 0 aliphatic carbocycles. The zero-order valence-corrected chi connectivity index (χ0v) is 11.9. The first kappa shape index (κ1) is 17.8. The molecular formula is C13H15F3O4S. The molecule has 118 valence electrons. The van der Waals surface area contributed by atoms with Crippen LogP contribution < -0.4 is 0 Å². The number of carbonyl (C=O) groups excluding carboxylic acids is 1. The van der Waals surface area contributed by atoms with Crippen LogP contribution in [0.5, 0.6) is 5.75 Å². The summed E-state index contributed by atoms with van der Waals surface area (Å²) in [7, 11) is 0. The van der Waals surface area contributed by atoms with E-state index in [2.05, 4.69) is 0 Å². The highest BCUT2D eigenvalue weighted by molar-refractivity contribution is 8.13. The predicted molar refractivity (Wildman–Crippen MR) is 71.8 cm³/mol. The van der Waals surface area contributed by atoms with Crippen LogP contribution in [-0.2, 0) is 11.0 Å². The van der Waals surface area contributed by atoms with Gasteiger partial charge in [-0.15, -0.1) is 0 Å². The van der Waals surface area contributed by atoms with Crippen molar-refractivity contribution in [3.05, 3.63) is 29.3 Å². The summed E-state index contributed by atoms with van der Waals surface area (Å²) in [4.78, 5) is 10.7. The second-order valence-corrected chi connectivity index (χ2v) is 5.68. The SMILES string of the molecule is CC(=O)SCCC(O)C(O)c1ccc(C(F)(F)F)cc1O. The number of thioether (sulfide) groups is 1. The summed E-state index contributed by atoms with van der Waals surface area (Å²) in [6.07, 6.45) is -7.36. The van der Waals surface area contributed by atoms with E-state index < -0.39 is 29.7 Å². The summed E-state index contributed by atoms with van der Waals surface area (Å²) in [6, 6.07) is 2.13. The number of carbonyl (C=O) groups is 1. The van der Waals surface area contributed by atoms with Crippen LogP contribution in [0.2, 0.25) is 0 Å². The maximum absolute atomic E-state index is 12.4. The molecule has 0 amide bonds. The standard InChI is InChI=1S/C13H15F3O4S/c1-7(17)21-5-4-10(18)12(20)9-3-2-8(6-11(9)19)13(14,15)16/h2-3,6,10,12,18-20H,4-5H2,1H3. The maximum atomic E-state index is 12.4. The molecule has 0 spiro atoms. The third-order valence-electron chi connectivity index (χ3n) is 2.76. The summed E-state index contributed by atoms with van der Waals surface area (Å²) >= 11 is 0.961. The Bertz CT molecular complexity index is 505. The Kier molecular flexibility index (Phi) is 6.06. The number of phenols is 1. The van der Waals surface area contributed by atoms with E-state index in [-0.39, 0.29) is 22.9 Å². The molecule has 0 aliphatic rings. The number of aliphatic hydroxyl groups excluding tert-OH is 2. The highest BCUT2D eigenvalue weighted by Crippen LogP contribution is 2.35. The fraction of sp³-hybridized carbons (Fsp3) is 0.462. The van der Waals surface area contributed by atoms with E-state index in [0.717, 1.165) is 23.9 Å². The molecule has 0 radical (unpaired) electrons. The van der Waals surface area contributed by atoms with Crippen LogP contribution in [0.25, 0.3) is 0 Å². The summed E-state index contributed by atoms with van der Waals surface area (Å²) in [6.45, 7) is 1.36. The molecule has 8 heteroatoms. The molecule has 0 heterocycles.